The van der Waals surface area contributed by atoms with Crippen LogP contribution in [0.3, 0.4) is 0 Å². The van der Waals surface area contributed by atoms with E-state index in [1.165, 1.54) is 6.42 Å². The fraction of sp³-hybridized carbons (Fsp3) is 1.00. The summed E-state index contributed by atoms with van der Waals surface area (Å²) in [7, 11) is 0. The zero-order chi connectivity index (χ0) is 9.92. The van der Waals surface area contributed by atoms with Gasteiger partial charge < -0.3 is 0 Å². The van der Waals surface area contributed by atoms with Gasteiger partial charge in [-0.1, -0.05) is 27.2 Å². The second-order valence-electron chi connectivity index (χ2n) is 6.86. The summed E-state index contributed by atoms with van der Waals surface area (Å²) in [4.78, 5) is 0. The summed E-state index contributed by atoms with van der Waals surface area (Å²) < 4.78 is 0. The van der Waals surface area contributed by atoms with Gasteiger partial charge in [0.05, 0.1) is 0 Å². The van der Waals surface area contributed by atoms with Gasteiger partial charge in [0, 0.05) is 0 Å². The van der Waals surface area contributed by atoms with Crippen LogP contribution in [0.4, 0.5) is 0 Å². The molecule has 0 aromatic heterocycles. The molecule has 80 valence electrons. The van der Waals surface area contributed by atoms with Crippen molar-refractivity contribution in [2.24, 2.45) is 35.0 Å². The summed E-state index contributed by atoms with van der Waals surface area (Å²) in [5, 5.41) is 0. The average molecular weight is 192 g/mol. The number of fused-ring (bicyclic) bond motifs is 5. The Balaban J connectivity index is 1.90. The summed E-state index contributed by atoms with van der Waals surface area (Å²) in [6, 6.07) is 0. The third-order valence-corrected chi connectivity index (χ3v) is 5.95. The zero-order valence-electron chi connectivity index (χ0n) is 9.92. The molecule has 0 amide bonds. The van der Waals surface area contributed by atoms with Crippen LogP contribution in [0.1, 0.15) is 52.9 Å². The minimum absolute atomic E-state index is 0.694. The molecular formula is C14H24. The maximum Gasteiger partial charge on any atom is -0.0292 e. The van der Waals surface area contributed by atoms with Gasteiger partial charge in [0.1, 0.15) is 0 Å². The first-order valence-corrected chi connectivity index (χ1v) is 6.60. The lowest BCUT2D eigenvalue weighted by Gasteiger charge is -2.37. The maximum absolute atomic E-state index is 2.55. The molecule has 0 aliphatic heterocycles. The highest BCUT2D eigenvalue weighted by molar-refractivity contribution is 5.07. The molecule has 3 saturated carbocycles. The molecule has 14 heavy (non-hydrogen) atoms. The van der Waals surface area contributed by atoms with E-state index in [1.807, 2.05) is 0 Å². The molecule has 0 saturated heterocycles. The lowest BCUT2D eigenvalue weighted by Crippen LogP contribution is -2.28. The van der Waals surface area contributed by atoms with Gasteiger partial charge in [0.15, 0.2) is 0 Å². The predicted octanol–water partition coefficient (Wildman–Crippen LogP) is 4.10. The van der Waals surface area contributed by atoms with E-state index in [-0.39, 0.29) is 0 Å². The highest BCUT2D eigenvalue weighted by Gasteiger charge is 2.59. The fourth-order valence-corrected chi connectivity index (χ4v) is 5.32. The Morgan fingerprint density at radius 3 is 2.21 bits per heavy atom. The topological polar surface area (TPSA) is 0 Å². The molecule has 3 fully saturated rings. The summed E-state index contributed by atoms with van der Waals surface area (Å²) in [6.07, 6.45) is 7.71. The second kappa shape index (κ2) is 2.77. The summed E-state index contributed by atoms with van der Waals surface area (Å²) >= 11 is 0. The van der Waals surface area contributed by atoms with Crippen LogP contribution < -0.4 is 0 Å². The van der Waals surface area contributed by atoms with Gasteiger partial charge in [-0.3, -0.25) is 0 Å². The van der Waals surface area contributed by atoms with Gasteiger partial charge in [0.25, 0.3) is 0 Å². The van der Waals surface area contributed by atoms with Crippen LogP contribution in [0.25, 0.3) is 0 Å². The molecule has 0 heterocycles. The molecular weight excluding hydrogens is 168 g/mol. The molecule has 5 atom stereocenters. The van der Waals surface area contributed by atoms with E-state index in [0.29, 0.717) is 5.41 Å². The Hall–Kier alpha value is 0. The van der Waals surface area contributed by atoms with E-state index in [0.717, 1.165) is 29.6 Å². The molecule has 3 aliphatic carbocycles. The standard InChI is InChI=1S/C14H24/c1-9-4-5-10-11(8-9)13-7-6-12(10)14(13,2)3/h9-13H,4-8H2,1-3H3. The van der Waals surface area contributed by atoms with Crippen molar-refractivity contribution < 1.29 is 0 Å². The van der Waals surface area contributed by atoms with Crippen LogP contribution in [0, 0.1) is 35.0 Å². The summed E-state index contributed by atoms with van der Waals surface area (Å²) in [5.74, 6) is 5.43. The van der Waals surface area contributed by atoms with Crippen molar-refractivity contribution >= 4 is 0 Å². The van der Waals surface area contributed by atoms with Crippen LogP contribution in [0.5, 0.6) is 0 Å². The van der Waals surface area contributed by atoms with E-state index >= 15 is 0 Å². The van der Waals surface area contributed by atoms with E-state index in [2.05, 4.69) is 20.8 Å². The van der Waals surface area contributed by atoms with Crippen molar-refractivity contribution in [3.8, 4) is 0 Å². The minimum Gasteiger partial charge on any atom is -0.0625 e. The van der Waals surface area contributed by atoms with Crippen LogP contribution in [-0.4, -0.2) is 0 Å². The van der Waals surface area contributed by atoms with Crippen LogP contribution in [0.15, 0.2) is 0 Å². The third-order valence-electron chi connectivity index (χ3n) is 5.95. The molecule has 0 heteroatoms. The maximum atomic E-state index is 2.55. The Morgan fingerprint density at radius 1 is 0.857 bits per heavy atom. The summed E-state index contributed by atoms with van der Waals surface area (Å²) in [5.41, 5.74) is 0.694. The molecule has 0 aromatic carbocycles. The van der Waals surface area contributed by atoms with Gasteiger partial charge >= 0.3 is 0 Å². The largest absolute Gasteiger partial charge is 0.0625 e. The molecule has 5 unspecified atom stereocenters. The number of hydrogen-bond acceptors (Lipinski definition) is 0. The van der Waals surface area contributed by atoms with Crippen molar-refractivity contribution in [3.05, 3.63) is 0 Å². The predicted molar refractivity (Wildman–Crippen MR) is 60.0 cm³/mol. The van der Waals surface area contributed by atoms with Crippen LogP contribution in [0.2, 0.25) is 0 Å². The zero-order valence-corrected chi connectivity index (χ0v) is 9.92. The molecule has 0 spiro atoms. The normalized spacial score (nSPS) is 54.6. The first-order chi connectivity index (χ1) is 6.60. The van der Waals surface area contributed by atoms with Gasteiger partial charge in [-0.2, -0.15) is 0 Å². The lowest BCUT2D eigenvalue weighted by atomic mass is 9.68. The third kappa shape index (κ3) is 1.01. The van der Waals surface area contributed by atoms with Crippen LogP contribution >= 0.6 is 0 Å². The molecule has 0 radical (unpaired) electrons. The van der Waals surface area contributed by atoms with Crippen molar-refractivity contribution in [1.29, 1.82) is 0 Å². The van der Waals surface area contributed by atoms with E-state index in [1.54, 1.807) is 25.7 Å². The second-order valence-corrected chi connectivity index (χ2v) is 6.86. The van der Waals surface area contributed by atoms with E-state index in [9.17, 15) is 0 Å². The quantitative estimate of drug-likeness (QED) is 0.542. The Labute approximate surface area is 88.5 Å². The van der Waals surface area contributed by atoms with Crippen molar-refractivity contribution in [2.75, 3.05) is 0 Å². The monoisotopic (exact) mass is 192 g/mol. The number of rotatable bonds is 0. The van der Waals surface area contributed by atoms with Crippen LogP contribution in [-0.2, 0) is 0 Å². The first-order valence-electron chi connectivity index (χ1n) is 6.60. The highest BCUT2D eigenvalue weighted by Crippen LogP contribution is 2.66. The van der Waals surface area contributed by atoms with Gasteiger partial charge in [-0.15, -0.1) is 0 Å². The molecule has 3 rings (SSSR count). The lowest BCUT2D eigenvalue weighted by molar-refractivity contribution is 0.126. The molecule has 0 N–H and O–H groups in total. The van der Waals surface area contributed by atoms with Crippen molar-refractivity contribution in [3.63, 3.8) is 0 Å². The average Bonchev–Trinajstić information content (AvgIpc) is 2.53. The summed E-state index contributed by atoms with van der Waals surface area (Å²) in [6.45, 7) is 7.58. The molecule has 3 aliphatic rings. The van der Waals surface area contributed by atoms with E-state index < -0.39 is 0 Å². The van der Waals surface area contributed by atoms with Crippen molar-refractivity contribution in [1.82, 2.24) is 0 Å². The Kier molecular flexibility index (Phi) is 1.83. The van der Waals surface area contributed by atoms with Gasteiger partial charge in [0.2, 0.25) is 0 Å². The Morgan fingerprint density at radius 2 is 1.50 bits per heavy atom. The molecule has 0 aromatic rings. The minimum atomic E-state index is 0.694. The van der Waals surface area contributed by atoms with Crippen molar-refractivity contribution in [2.45, 2.75) is 52.9 Å². The molecule has 2 bridgehead atoms. The van der Waals surface area contributed by atoms with Gasteiger partial charge in [-0.05, 0) is 60.7 Å². The smallest absolute Gasteiger partial charge is 0.0292 e. The van der Waals surface area contributed by atoms with Gasteiger partial charge in [-0.25, -0.2) is 0 Å². The fourth-order valence-electron chi connectivity index (χ4n) is 5.32. The Bertz CT molecular complexity index is 240. The highest BCUT2D eigenvalue weighted by atomic mass is 14.6. The molecule has 0 nitrogen and oxygen atoms in total. The SMILES string of the molecule is CC1CCC2C(C1)C1CCC2C1(C)C. The van der Waals surface area contributed by atoms with E-state index in [4.69, 9.17) is 0 Å². The first kappa shape index (κ1) is 9.24. The number of hydrogen-bond donors (Lipinski definition) is 0.